The number of hydrogen-bond donors (Lipinski definition) is 0. The summed E-state index contributed by atoms with van der Waals surface area (Å²) in [5.74, 6) is 0.765. The number of benzene rings is 3. The number of hydrogen-bond acceptors (Lipinski definition) is 7. The average molecular weight is 535 g/mol. The molecule has 3 aromatic carbocycles. The summed E-state index contributed by atoms with van der Waals surface area (Å²) in [7, 11) is 0. The molecule has 0 amide bonds. The molecule has 2 fully saturated rings. The van der Waals surface area contributed by atoms with Crippen LogP contribution in [0.15, 0.2) is 78.1 Å². The maximum atomic E-state index is 9.80. The van der Waals surface area contributed by atoms with Gasteiger partial charge in [-0.3, -0.25) is 9.80 Å². The van der Waals surface area contributed by atoms with E-state index < -0.39 is 0 Å². The van der Waals surface area contributed by atoms with Crippen molar-refractivity contribution < 1.29 is 4.74 Å². The highest BCUT2D eigenvalue weighted by atomic mass is 16.5. The first-order chi connectivity index (χ1) is 19.7. The number of likely N-dealkylation sites (N-methyl/N-ethyl adjacent to an activating group) is 1. The molecular weight excluding hydrogens is 496 g/mol. The normalized spacial score (nSPS) is 15.9. The number of morpholine rings is 1. The number of allylic oxidation sites excluding steroid dienone is 1. The lowest BCUT2D eigenvalue weighted by atomic mass is 10.0. The zero-order chi connectivity index (χ0) is 27.7. The second kappa shape index (κ2) is 13.5. The van der Waals surface area contributed by atoms with E-state index in [1.807, 2.05) is 0 Å². The SMILES string of the molecule is CCN(CCN1CCN(Cc2cccc3ccccc23)C1=C(C#N)C#N)Cc1ccc(CN2CCOCC2)cc1. The van der Waals surface area contributed by atoms with E-state index in [0.29, 0.717) is 6.54 Å². The summed E-state index contributed by atoms with van der Waals surface area (Å²) >= 11 is 0. The Morgan fingerprint density at radius 2 is 1.52 bits per heavy atom. The van der Waals surface area contributed by atoms with Gasteiger partial charge in [-0.1, -0.05) is 73.7 Å². The van der Waals surface area contributed by atoms with E-state index in [2.05, 4.69) is 105 Å². The summed E-state index contributed by atoms with van der Waals surface area (Å²) in [5.41, 5.74) is 4.04. The van der Waals surface area contributed by atoms with Gasteiger partial charge in [0.15, 0.2) is 5.57 Å². The third-order valence-electron chi connectivity index (χ3n) is 8.00. The van der Waals surface area contributed by atoms with Crippen LogP contribution >= 0.6 is 0 Å². The minimum atomic E-state index is 0.191. The first-order valence-corrected chi connectivity index (χ1v) is 14.3. The largest absolute Gasteiger partial charge is 0.379 e. The molecule has 0 N–H and O–H groups in total. The smallest absolute Gasteiger partial charge is 0.169 e. The molecule has 2 heterocycles. The molecule has 0 radical (unpaired) electrons. The van der Waals surface area contributed by atoms with E-state index in [0.717, 1.165) is 77.9 Å². The van der Waals surface area contributed by atoms with Gasteiger partial charge in [0.1, 0.15) is 18.0 Å². The van der Waals surface area contributed by atoms with E-state index in [-0.39, 0.29) is 5.57 Å². The van der Waals surface area contributed by atoms with Gasteiger partial charge in [0.25, 0.3) is 0 Å². The van der Waals surface area contributed by atoms with Gasteiger partial charge in [0, 0.05) is 58.9 Å². The van der Waals surface area contributed by atoms with E-state index in [4.69, 9.17) is 4.74 Å². The lowest BCUT2D eigenvalue weighted by molar-refractivity contribution is 0.0342. The monoisotopic (exact) mass is 534 g/mol. The highest BCUT2D eigenvalue weighted by Crippen LogP contribution is 2.27. The van der Waals surface area contributed by atoms with Gasteiger partial charge >= 0.3 is 0 Å². The number of fused-ring (bicyclic) bond motifs is 1. The van der Waals surface area contributed by atoms with Gasteiger partial charge in [0.2, 0.25) is 0 Å². The van der Waals surface area contributed by atoms with Crippen molar-refractivity contribution in [1.82, 2.24) is 19.6 Å². The Balaban J connectivity index is 1.22. The molecule has 7 nitrogen and oxygen atoms in total. The highest BCUT2D eigenvalue weighted by molar-refractivity contribution is 5.85. The fourth-order valence-electron chi connectivity index (χ4n) is 5.74. The second-order valence-electron chi connectivity index (χ2n) is 10.5. The third kappa shape index (κ3) is 6.63. The molecule has 2 aliphatic heterocycles. The Hall–Kier alpha value is -3.88. The molecule has 2 saturated heterocycles. The zero-order valence-corrected chi connectivity index (χ0v) is 23.4. The second-order valence-corrected chi connectivity index (χ2v) is 10.5. The van der Waals surface area contributed by atoms with Gasteiger partial charge in [-0.2, -0.15) is 10.5 Å². The average Bonchev–Trinajstić information content (AvgIpc) is 3.39. The fourth-order valence-corrected chi connectivity index (χ4v) is 5.74. The minimum absolute atomic E-state index is 0.191. The third-order valence-corrected chi connectivity index (χ3v) is 8.00. The molecule has 0 atom stereocenters. The van der Waals surface area contributed by atoms with Crippen molar-refractivity contribution in [3.8, 4) is 12.1 Å². The van der Waals surface area contributed by atoms with Crippen molar-refractivity contribution in [2.24, 2.45) is 0 Å². The van der Waals surface area contributed by atoms with Crippen molar-refractivity contribution >= 4 is 10.8 Å². The summed E-state index contributed by atoms with van der Waals surface area (Å²) < 4.78 is 5.46. The molecule has 5 rings (SSSR count). The Bertz CT molecular complexity index is 1380. The van der Waals surface area contributed by atoms with Crippen LogP contribution in [0, 0.1) is 22.7 Å². The fraction of sp³-hybridized carbons (Fsp3) is 0.394. The Labute approximate surface area is 238 Å². The molecule has 0 saturated carbocycles. The van der Waals surface area contributed by atoms with Crippen molar-refractivity contribution in [1.29, 1.82) is 10.5 Å². The van der Waals surface area contributed by atoms with Crippen LogP contribution in [0.25, 0.3) is 10.8 Å². The molecule has 206 valence electrons. The summed E-state index contributed by atoms with van der Waals surface area (Å²) in [6.07, 6.45) is 0. The number of ether oxygens (including phenoxy) is 1. The number of nitrogens with zero attached hydrogens (tertiary/aromatic N) is 6. The van der Waals surface area contributed by atoms with Crippen molar-refractivity contribution in [3.63, 3.8) is 0 Å². The molecule has 40 heavy (non-hydrogen) atoms. The van der Waals surface area contributed by atoms with E-state index in [9.17, 15) is 10.5 Å². The van der Waals surface area contributed by atoms with E-state index in [1.54, 1.807) is 0 Å². The van der Waals surface area contributed by atoms with Crippen LogP contribution in [0.5, 0.6) is 0 Å². The molecule has 0 aliphatic carbocycles. The van der Waals surface area contributed by atoms with Gasteiger partial charge in [-0.25, -0.2) is 0 Å². The van der Waals surface area contributed by atoms with Crippen LogP contribution in [0.2, 0.25) is 0 Å². The Morgan fingerprint density at radius 1 is 0.825 bits per heavy atom. The van der Waals surface area contributed by atoms with Crippen LogP contribution in [0.3, 0.4) is 0 Å². The van der Waals surface area contributed by atoms with Gasteiger partial charge in [-0.15, -0.1) is 0 Å². The molecule has 0 aromatic heterocycles. The maximum Gasteiger partial charge on any atom is 0.169 e. The number of nitriles is 2. The quantitative estimate of drug-likeness (QED) is 0.353. The van der Waals surface area contributed by atoms with Gasteiger partial charge in [0.05, 0.1) is 13.2 Å². The minimum Gasteiger partial charge on any atom is -0.379 e. The molecule has 0 bridgehead atoms. The van der Waals surface area contributed by atoms with Crippen LogP contribution in [0.4, 0.5) is 0 Å². The zero-order valence-electron chi connectivity index (χ0n) is 23.4. The Kier molecular flexibility index (Phi) is 9.31. The summed E-state index contributed by atoms with van der Waals surface area (Å²) in [4.78, 5) is 9.30. The first kappa shape index (κ1) is 27.7. The molecule has 2 aliphatic rings. The first-order valence-electron chi connectivity index (χ1n) is 14.3. The summed E-state index contributed by atoms with van der Waals surface area (Å²) in [6.45, 7) is 12.5. The van der Waals surface area contributed by atoms with Crippen molar-refractivity contribution in [2.75, 3.05) is 59.0 Å². The molecule has 7 heteroatoms. The van der Waals surface area contributed by atoms with Crippen molar-refractivity contribution in [3.05, 3.63) is 94.8 Å². The summed E-state index contributed by atoms with van der Waals surface area (Å²) in [5, 5.41) is 22.0. The maximum absolute atomic E-state index is 9.80. The van der Waals surface area contributed by atoms with E-state index >= 15 is 0 Å². The predicted molar refractivity (Wildman–Crippen MR) is 158 cm³/mol. The lowest BCUT2D eigenvalue weighted by Gasteiger charge is -2.28. The molecule has 0 unspecified atom stereocenters. The van der Waals surface area contributed by atoms with E-state index in [1.165, 1.54) is 27.5 Å². The predicted octanol–water partition coefficient (Wildman–Crippen LogP) is 4.57. The highest BCUT2D eigenvalue weighted by Gasteiger charge is 2.29. The van der Waals surface area contributed by atoms with Crippen molar-refractivity contribution in [2.45, 2.75) is 26.6 Å². The standard InChI is InChI=1S/C33H38N6O/c1-2-36(24-27-10-12-28(13-11-27)25-37-18-20-40-21-19-37)14-15-38-16-17-39(33(38)31(22-34)23-35)26-30-8-5-7-29-6-3-4-9-32(29)30/h3-13H,2,14-21,24-26H2,1H3. The van der Waals surface area contributed by atoms with Crippen LogP contribution in [-0.4, -0.2) is 78.6 Å². The lowest BCUT2D eigenvalue weighted by Crippen LogP contribution is -2.35. The number of rotatable bonds is 10. The molecular formula is C33H38N6O. The molecule has 3 aromatic rings. The van der Waals surface area contributed by atoms with Gasteiger partial charge in [-0.05, 0) is 34.0 Å². The van der Waals surface area contributed by atoms with Crippen LogP contribution in [-0.2, 0) is 24.4 Å². The van der Waals surface area contributed by atoms with Crippen LogP contribution in [0.1, 0.15) is 23.6 Å². The molecule has 0 spiro atoms. The van der Waals surface area contributed by atoms with Crippen LogP contribution < -0.4 is 0 Å². The summed E-state index contributed by atoms with van der Waals surface area (Å²) in [6, 6.07) is 28.0. The Morgan fingerprint density at radius 3 is 2.27 bits per heavy atom. The van der Waals surface area contributed by atoms with Gasteiger partial charge < -0.3 is 14.5 Å². The topological polar surface area (TPSA) is 69.8 Å².